The molecule has 2 heterocycles. The summed E-state index contributed by atoms with van der Waals surface area (Å²) in [6, 6.07) is 5.13. The predicted octanol–water partition coefficient (Wildman–Crippen LogP) is 2.88. The fourth-order valence-electron chi connectivity index (χ4n) is 3.11. The van der Waals surface area contributed by atoms with Gasteiger partial charge in [0, 0.05) is 23.3 Å². The summed E-state index contributed by atoms with van der Waals surface area (Å²) in [5.74, 6) is -0.105. The van der Waals surface area contributed by atoms with Gasteiger partial charge in [0.25, 0.3) is 0 Å². The standard InChI is InChI=1S/C18H19Cl2N3O5S/c1-27-18(24)13-4-3-9-23(13)29(25,26)15-7-6-12(19)11(16(15)20)10-28-14-5-2-8-22-17(14)21/h2,5-8,13H,3-4,9-10H2,1H3,(H2,21,22)/t13-/m0/s1. The van der Waals surface area contributed by atoms with Gasteiger partial charge in [0.15, 0.2) is 11.6 Å². The second kappa shape index (κ2) is 8.74. The van der Waals surface area contributed by atoms with Crippen molar-refractivity contribution in [2.24, 2.45) is 0 Å². The molecule has 156 valence electrons. The molecule has 1 saturated heterocycles. The molecule has 1 aromatic carbocycles. The molecule has 0 unspecified atom stereocenters. The number of rotatable bonds is 6. The number of ether oxygens (including phenoxy) is 2. The zero-order chi connectivity index (χ0) is 21.2. The summed E-state index contributed by atoms with van der Waals surface area (Å²) in [5, 5.41) is 0.165. The first-order valence-corrected chi connectivity index (χ1v) is 10.9. The van der Waals surface area contributed by atoms with E-state index in [0.29, 0.717) is 18.6 Å². The van der Waals surface area contributed by atoms with Crippen molar-refractivity contribution < 1.29 is 22.7 Å². The molecule has 0 saturated carbocycles. The molecule has 3 rings (SSSR count). The Morgan fingerprint density at radius 1 is 1.34 bits per heavy atom. The van der Waals surface area contributed by atoms with Gasteiger partial charge in [-0.3, -0.25) is 4.79 Å². The number of pyridine rings is 1. The van der Waals surface area contributed by atoms with E-state index in [1.165, 1.54) is 25.4 Å². The molecule has 1 fully saturated rings. The zero-order valence-corrected chi connectivity index (χ0v) is 17.8. The summed E-state index contributed by atoms with van der Waals surface area (Å²) in [5.41, 5.74) is 6.03. The van der Waals surface area contributed by atoms with E-state index < -0.39 is 22.0 Å². The highest BCUT2D eigenvalue weighted by molar-refractivity contribution is 7.89. The molecule has 0 aliphatic carbocycles. The van der Waals surface area contributed by atoms with Crippen LogP contribution < -0.4 is 10.5 Å². The summed E-state index contributed by atoms with van der Waals surface area (Å²) >= 11 is 12.6. The van der Waals surface area contributed by atoms with E-state index in [4.69, 9.17) is 38.4 Å². The zero-order valence-electron chi connectivity index (χ0n) is 15.5. The molecule has 8 nitrogen and oxygen atoms in total. The van der Waals surface area contributed by atoms with Gasteiger partial charge >= 0.3 is 5.97 Å². The molecular formula is C18H19Cl2N3O5S. The normalized spacial score (nSPS) is 17.3. The van der Waals surface area contributed by atoms with Crippen LogP contribution in [0.5, 0.6) is 5.75 Å². The van der Waals surface area contributed by atoms with Crippen molar-refractivity contribution >= 4 is 45.0 Å². The molecule has 0 amide bonds. The van der Waals surface area contributed by atoms with Crippen molar-refractivity contribution in [2.45, 2.75) is 30.4 Å². The highest BCUT2D eigenvalue weighted by Crippen LogP contribution is 2.36. The summed E-state index contributed by atoms with van der Waals surface area (Å²) in [7, 11) is -2.83. The van der Waals surface area contributed by atoms with Crippen molar-refractivity contribution in [1.82, 2.24) is 9.29 Å². The third-order valence-corrected chi connectivity index (χ3v) is 7.43. The van der Waals surface area contributed by atoms with Gasteiger partial charge in [-0.25, -0.2) is 13.4 Å². The van der Waals surface area contributed by atoms with Gasteiger partial charge in [0.05, 0.1) is 12.1 Å². The minimum atomic E-state index is -4.05. The molecule has 11 heteroatoms. The number of halogens is 2. The van der Waals surface area contributed by atoms with E-state index in [2.05, 4.69) is 4.98 Å². The highest BCUT2D eigenvalue weighted by atomic mass is 35.5. The third-order valence-electron chi connectivity index (χ3n) is 4.59. The molecule has 1 atom stereocenters. The number of aromatic nitrogens is 1. The number of benzene rings is 1. The van der Waals surface area contributed by atoms with Crippen LogP contribution in [0.4, 0.5) is 5.82 Å². The molecule has 29 heavy (non-hydrogen) atoms. The molecule has 1 aliphatic rings. The predicted molar refractivity (Wildman–Crippen MR) is 108 cm³/mol. The second-order valence-electron chi connectivity index (χ2n) is 6.31. The number of hydrogen-bond donors (Lipinski definition) is 1. The second-order valence-corrected chi connectivity index (χ2v) is 8.95. The van der Waals surface area contributed by atoms with E-state index >= 15 is 0 Å². The van der Waals surface area contributed by atoms with Crippen LogP contribution in [0.3, 0.4) is 0 Å². The van der Waals surface area contributed by atoms with Gasteiger partial charge in [-0.15, -0.1) is 0 Å². The number of esters is 1. The van der Waals surface area contributed by atoms with Gasteiger partial charge in [0.2, 0.25) is 10.0 Å². The number of sulfonamides is 1. The molecule has 0 bridgehead atoms. The Morgan fingerprint density at radius 3 is 2.79 bits per heavy atom. The van der Waals surface area contributed by atoms with E-state index in [0.717, 1.165) is 4.31 Å². The van der Waals surface area contributed by atoms with Crippen LogP contribution in [0, 0.1) is 0 Å². The molecule has 1 aliphatic heterocycles. The number of anilines is 1. The van der Waals surface area contributed by atoms with E-state index in [9.17, 15) is 13.2 Å². The van der Waals surface area contributed by atoms with Crippen LogP contribution in [0.15, 0.2) is 35.4 Å². The van der Waals surface area contributed by atoms with Crippen LogP contribution in [0.25, 0.3) is 0 Å². The van der Waals surface area contributed by atoms with E-state index in [-0.39, 0.29) is 39.5 Å². The maximum absolute atomic E-state index is 13.2. The van der Waals surface area contributed by atoms with Crippen LogP contribution in [-0.4, -0.2) is 43.4 Å². The topological polar surface area (TPSA) is 112 Å². The average molecular weight is 460 g/mol. The molecule has 2 aromatic rings. The summed E-state index contributed by atoms with van der Waals surface area (Å²) < 4.78 is 37.9. The van der Waals surface area contributed by atoms with Crippen LogP contribution >= 0.6 is 23.2 Å². The van der Waals surface area contributed by atoms with E-state index in [1.54, 1.807) is 12.1 Å². The van der Waals surface area contributed by atoms with Crippen molar-refractivity contribution in [1.29, 1.82) is 0 Å². The van der Waals surface area contributed by atoms with Crippen molar-refractivity contribution in [3.63, 3.8) is 0 Å². The molecule has 0 spiro atoms. The first-order chi connectivity index (χ1) is 13.8. The summed E-state index contributed by atoms with van der Waals surface area (Å²) in [6.45, 7) is 0.0798. The largest absolute Gasteiger partial charge is 0.485 e. The maximum Gasteiger partial charge on any atom is 0.324 e. The van der Waals surface area contributed by atoms with Crippen molar-refractivity contribution in [3.8, 4) is 5.75 Å². The fraction of sp³-hybridized carbons (Fsp3) is 0.333. The Bertz CT molecular complexity index is 1030. The number of methoxy groups -OCH3 is 1. The van der Waals surface area contributed by atoms with Gasteiger partial charge in [-0.2, -0.15) is 4.31 Å². The number of carbonyl (C=O) groups is 1. The first-order valence-electron chi connectivity index (χ1n) is 8.67. The van der Waals surface area contributed by atoms with E-state index in [1.807, 2.05) is 0 Å². The smallest absolute Gasteiger partial charge is 0.324 e. The van der Waals surface area contributed by atoms with Gasteiger partial charge in [0.1, 0.15) is 17.5 Å². The molecular weight excluding hydrogens is 441 g/mol. The van der Waals surface area contributed by atoms with Gasteiger partial charge in [-0.05, 0) is 37.1 Å². The fourth-order valence-corrected chi connectivity index (χ4v) is 5.62. The first kappa shape index (κ1) is 21.6. The van der Waals surface area contributed by atoms with Gasteiger partial charge < -0.3 is 15.2 Å². The van der Waals surface area contributed by atoms with Gasteiger partial charge in [-0.1, -0.05) is 23.2 Å². The Kier molecular flexibility index (Phi) is 6.52. The monoisotopic (exact) mass is 459 g/mol. The lowest BCUT2D eigenvalue weighted by Crippen LogP contribution is -2.41. The Hall–Kier alpha value is -2.07. The lowest BCUT2D eigenvalue weighted by Gasteiger charge is -2.23. The minimum Gasteiger partial charge on any atom is -0.485 e. The maximum atomic E-state index is 13.2. The quantitative estimate of drug-likeness (QED) is 0.660. The van der Waals surface area contributed by atoms with Crippen LogP contribution in [-0.2, 0) is 26.2 Å². The number of nitrogen functional groups attached to an aromatic ring is 1. The minimum absolute atomic E-state index is 0.0736. The average Bonchev–Trinajstić information content (AvgIpc) is 3.19. The molecule has 0 radical (unpaired) electrons. The lowest BCUT2D eigenvalue weighted by atomic mass is 10.2. The molecule has 1 aromatic heterocycles. The number of nitrogens with two attached hydrogens (primary N) is 1. The van der Waals surface area contributed by atoms with Crippen molar-refractivity contribution in [2.75, 3.05) is 19.4 Å². The highest BCUT2D eigenvalue weighted by Gasteiger charge is 2.41. The Morgan fingerprint density at radius 2 is 2.10 bits per heavy atom. The molecule has 2 N–H and O–H groups in total. The van der Waals surface area contributed by atoms with Crippen molar-refractivity contribution in [3.05, 3.63) is 46.1 Å². The third kappa shape index (κ3) is 4.28. The number of nitrogens with zero attached hydrogens (tertiary/aromatic N) is 2. The number of hydrogen-bond acceptors (Lipinski definition) is 7. The summed E-state index contributed by atoms with van der Waals surface area (Å²) in [4.78, 5) is 15.7. The SMILES string of the molecule is COC(=O)[C@@H]1CCCN1S(=O)(=O)c1ccc(Cl)c(COc2cccnc2N)c1Cl. The van der Waals surface area contributed by atoms with Crippen LogP contribution in [0.1, 0.15) is 18.4 Å². The summed E-state index contributed by atoms with van der Waals surface area (Å²) in [6.07, 6.45) is 2.44. The lowest BCUT2D eigenvalue weighted by molar-refractivity contribution is -0.144. The Labute approximate surface area is 178 Å². The Balaban J connectivity index is 1.93. The number of carbonyl (C=O) groups excluding carboxylic acids is 1. The van der Waals surface area contributed by atoms with Crippen LogP contribution in [0.2, 0.25) is 10.0 Å².